The second kappa shape index (κ2) is 10.0. The van der Waals surface area contributed by atoms with Gasteiger partial charge in [-0.25, -0.2) is 8.42 Å². The summed E-state index contributed by atoms with van der Waals surface area (Å²) in [6, 6.07) is 7.37. The maximum absolute atomic E-state index is 13.5. The van der Waals surface area contributed by atoms with Gasteiger partial charge in [-0.2, -0.15) is 4.31 Å². The number of sulfonamides is 1. The van der Waals surface area contributed by atoms with Gasteiger partial charge in [-0.1, -0.05) is 17.7 Å². The molecule has 1 amide bonds. The van der Waals surface area contributed by atoms with Crippen molar-refractivity contribution in [2.45, 2.75) is 52.0 Å². The number of carbonyl (C=O) groups excluding carboxylic acids is 1. The highest BCUT2D eigenvalue weighted by atomic mass is 35.5. The van der Waals surface area contributed by atoms with Crippen molar-refractivity contribution in [1.82, 2.24) is 9.21 Å². The molecule has 0 atom stereocenters. The third-order valence-electron chi connectivity index (χ3n) is 6.72. The van der Waals surface area contributed by atoms with Crippen LogP contribution < -0.4 is 4.74 Å². The number of hydrogen-bond acceptors (Lipinski definition) is 4. The zero-order chi connectivity index (χ0) is 24.5. The van der Waals surface area contributed by atoms with Crippen molar-refractivity contribution < 1.29 is 17.9 Å². The molecule has 0 bridgehead atoms. The summed E-state index contributed by atoms with van der Waals surface area (Å²) >= 11 is 6.12. The number of methoxy groups -OCH3 is 1. The van der Waals surface area contributed by atoms with Crippen LogP contribution in [0.2, 0.25) is 5.02 Å². The molecular weight excluding hydrogens is 460 g/mol. The SMILES string of the molecule is COc1ccc(Cl)cc1CN(C)C(=O)C1CCN(S(=O)(=O)c2c(C)c(C)cc(C)c2C)CC1. The van der Waals surface area contributed by atoms with E-state index in [2.05, 4.69) is 0 Å². The van der Waals surface area contributed by atoms with Crippen molar-refractivity contribution in [3.05, 3.63) is 57.1 Å². The van der Waals surface area contributed by atoms with E-state index in [1.807, 2.05) is 33.8 Å². The number of carbonyl (C=O) groups is 1. The second-order valence-corrected chi connectivity index (χ2v) is 11.2. The molecule has 8 heteroatoms. The van der Waals surface area contributed by atoms with E-state index in [1.54, 1.807) is 37.3 Å². The van der Waals surface area contributed by atoms with E-state index in [0.717, 1.165) is 27.8 Å². The minimum atomic E-state index is -3.62. The normalized spacial score (nSPS) is 15.5. The van der Waals surface area contributed by atoms with Crippen molar-refractivity contribution in [2.75, 3.05) is 27.2 Å². The van der Waals surface area contributed by atoms with E-state index >= 15 is 0 Å². The molecule has 180 valence electrons. The molecule has 1 aliphatic heterocycles. The van der Waals surface area contributed by atoms with Crippen LogP contribution in [0.5, 0.6) is 5.75 Å². The lowest BCUT2D eigenvalue weighted by Crippen LogP contribution is -2.43. The van der Waals surface area contributed by atoms with Gasteiger partial charge >= 0.3 is 0 Å². The van der Waals surface area contributed by atoms with Gasteiger partial charge < -0.3 is 9.64 Å². The smallest absolute Gasteiger partial charge is 0.243 e. The Hall–Kier alpha value is -2.09. The van der Waals surface area contributed by atoms with Gasteiger partial charge in [0.2, 0.25) is 15.9 Å². The number of piperidine rings is 1. The van der Waals surface area contributed by atoms with Gasteiger partial charge in [0.15, 0.2) is 0 Å². The molecule has 1 saturated heterocycles. The molecule has 1 heterocycles. The van der Waals surface area contributed by atoms with Crippen LogP contribution in [0.1, 0.15) is 40.7 Å². The number of halogens is 1. The molecular formula is C25H33ClN2O4S. The monoisotopic (exact) mass is 492 g/mol. The van der Waals surface area contributed by atoms with E-state index in [1.165, 1.54) is 4.31 Å². The molecule has 3 rings (SSSR count). The Labute approximate surface area is 202 Å². The van der Waals surface area contributed by atoms with Crippen LogP contribution in [0.15, 0.2) is 29.2 Å². The van der Waals surface area contributed by atoms with Crippen LogP contribution in [-0.4, -0.2) is 50.8 Å². The first-order chi connectivity index (χ1) is 15.5. The number of hydrogen-bond donors (Lipinski definition) is 0. The zero-order valence-corrected chi connectivity index (χ0v) is 21.8. The van der Waals surface area contributed by atoms with Crippen molar-refractivity contribution in [2.24, 2.45) is 5.92 Å². The number of benzene rings is 2. The fraction of sp³-hybridized carbons (Fsp3) is 0.480. The molecule has 0 aromatic heterocycles. The van der Waals surface area contributed by atoms with Crippen molar-refractivity contribution in [3.63, 3.8) is 0 Å². The van der Waals surface area contributed by atoms with Crippen LogP contribution in [0, 0.1) is 33.6 Å². The van der Waals surface area contributed by atoms with E-state index < -0.39 is 10.0 Å². The molecule has 1 fully saturated rings. The Morgan fingerprint density at radius 3 is 2.21 bits per heavy atom. The van der Waals surface area contributed by atoms with E-state index in [0.29, 0.717) is 48.1 Å². The lowest BCUT2D eigenvalue weighted by molar-refractivity contribution is -0.135. The Bertz CT molecular complexity index is 1130. The van der Waals surface area contributed by atoms with Crippen LogP contribution >= 0.6 is 11.6 Å². The van der Waals surface area contributed by atoms with E-state index in [-0.39, 0.29) is 11.8 Å². The Kier molecular flexibility index (Phi) is 7.76. The maximum atomic E-state index is 13.5. The highest BCUT2D eigenvalue weighted by Crippen LogP contribution is 2.32. The van der Waals surface area contributed by atoms with Gasteiger partial charge in [0.1, 0.15) is 5.75 Å². The summed E-state index contributed by atoms with van der Waals surface area (Å²) in [5.74, 6) is 0.472. The molecule has 0 radical (unpaired) electrons. The molecule has 6 nitrogen and oxygen atoms in total. The number of nitrogens with zero attached hydrogens (tertiary/aromatic N) is 2. The van der Waals surface area contributed by atoms with E-state index in [4.69, 9.17) is 16.3 Å². The molecule has 2 aromatic carbocycles. The van der Waals surface area contributed by atoms with E-state index in [9.17, 15) is 13.2 Å². The Morgan fingerprint density at radius 2 is 1.67 bits per heavy atom. The molecule has 2 aromatic rings. The average Bonchev–Trinajstić information content (AvgIpc) is 2.77. The van der Waals surface area contributed by atoms with Crippen LogP contribution in [0.25, 0.3) is 0 Å². The lowest BCUT2D eigenvalue weighted by atomic mass is 9.96. The van der Waals surface area contributed by atoms with Crippen LogP contribution in [-0.2, 0) is 21.4 Å². The van der Waals surface area contributed by atoms with Crippen LogP contribution in [0.3, 0.4) is 0 Å². The summed E-state index contributed by atoms with van der Waals surface area (Å²) in [7, 11) is -0.278. The summed E-state index contributed by atoms with van der Waals surface area (Å²) in [4.78, 5) is 15.2. The van der Waals surface area contributed by atoms with Gasteiger partial charge in [0.25, 0.3) is 0 Å². The third kappa shape index (κ3) is 5.20. The Balaban J connectivity index is 1.71. The third-order valence-corrected chi connectivity index (χ3v) is 9.13. The van der Waals surface area contributed by atoms with Gasteiger partial charge in [-0.05, 0) is 81.0 Å². The minimum absolute atomic E-state index is 0.00726. The molecule has 0 spiro atoms. The minimum Gasteiger partial charge on any atom is -0.496 e. The van der Waals surface area contributed by atoms with Crippen molar-refractivity contribution >= 4 is 27.5 Å². The number of ether oxygens (including phenoxy) is 1. The first-order valence-electron chi connectivity index (χ1n) is 11.1. The number of aryl methyl sites for hydroxylation is 2. The largest absolute Gasteiger partial charge is 0.496 e. The maximum Gasteiger partial charge on any atom is 0.243 e. The summed E-state index contributed by atoms with van der Waals surface area (Å²) in [5.41, 5.74) is 4.37. The van der Waals surface area contributed by atoms with Crippen molar-refractivity contribution in [1.29, 1.82) is 0 Å². The molecule has 0 unspecified atom stereocenters. The van der Waals surface area contributed by atoms with Gasteiger partial charge in [0, 0.05) is 43.2 Å². The molecule has 1 aliphatic rings. The summed E-state index contributed by atoms with van der Waals surface area (Å²) in [5, 5.41) is 0.585. The highest BCUT2D eigenvalue weighted by molar-refractivity contribution is 7.89. The van der Waals surface area contributed by atoms with Crippen molar-refractivity contribution in [3.8, 4) is 5.75 Å². The molecule has 33 heavy (non-hydrogen) atoms. The standard InChI is InChI=1S/C25H33ClN2O4S/c1-16-13-17(2)19(4)24(18(16)3)33(30,31)28-11-9-20(10-12-28)25(29)27(5)15-21-14-22(26)7-8-23(21)32-6/h7-8,13-14,20H,9-12,15H2,1-6H3. The second-order valence-electron chi connectivity index (χ2n) is 8.92. The molecule has 0 N–H and O–H groups in total. The van der Waals surface area contributed by atoms with Gasteiger partial charge in [-0.15, -0.1) is 0 Å². The summed E-state index contributed by atoms with van der Waals surface area (Å²) in [6.45, 7) is 8.65. The summed E-state index contributed by atoms with van der Waals surface area (Å²) in [6.07, 6.45) is 0.996. The fourth-order valence-corrected chi connectivity index (χ4v) is 6.80. The summed E-state index contributed by atoms with van der Waals surface area (Å²) < 4.78 is 33.9. The van der Waals surface area contributed by atoms with Gasteiger partial charge in [-0.3, -0.25) is 4.79 Å². The highest BCUT2D eigenvalue weighted by Gasteiger charge is 2.35. The topological polar surface area (TPSA) is 66.9 Å². The zero-order valence-electron chi connectivity index (χ0n) is 20.2. The predicted molar refractivity (Wildman–Crippen MR) is 131 cm³/mol. The Morgan fingerprint density at radius 1 is 1.09 bits per heavy atom. The van der Waals surface area contributed by atoms with Gasteiger partial charge in [0.05, 0.1) is 12.0 Å². The first kappa shape index (κ1) is 25.5. The molecule has 0 saturated carbocycles. The quantitative estimate of drug-likeness (QED) is 0.589. The average molecular weight is 493 g/mol. The number of rotatable bonds is 6. The first-order valence-corrected chi connectivity index (χ1v) is 12.9. The fourth-order valence-electron chi connectivity index (χ4n) is 4.56. The van der Waals surface area contributed by atoms with Crippen LogP contribution in [0.4, 0.5) is 0 Å². The molecule has 0 aliphatic carbocycles. The number of amides is 1. The lowest BCUT2D eigenvalue weighted by Gasteiger charge is -2.33. The predicted octanol–water partition coefficient (Wildman–Crippen LogP) is 4.64.